The molecule has 112 valence electrons. The summed E-state index contributed by atoms with van der Waals surface area (Å²) in [5.41, 5.74) is 3.93. The van der Waals surface area contributed by atoms with Gasteiger partial charge in [0.25, 0.3) is 0 Å². The molecule has 22 heavy (non-hydrogen) atoms. The summed E-state index contributed by atoms with van der Waals surface area (Å²) in [6.07, 6.45) is 11.4. The van der Waals surface area contributed by atoms with Gasteiger partial charge < -0.3 is 0 Å². The fraction of sp³-hybridized carbons (Fsp3) is 0.250. The van der Waals surface area contributed by atoms with E-state index in [0.29, 0.717) is 5.82 Å². The van der Waals surface area contributed by atoms with Crippen molar-refractivity contribution in [3.8, 4) is 11.3 Å². The normalized spacial score (nSPS) is 11.4. The molecule has 3 aromatic heterocycles. The number of hydrogen-bond acceptors (Lipinski definition) is 4. The second-order valence-corrected chi connectivity index (χ2v) is 5.06. The van der Waals surface area contributed by atoms with E-state index >= 15 is 0 Å². The third-order valence-corrected chi connectivity index (χ3v) is 3.40. The van der Waals surface area contributed by atoms with Gasteiger partial charge in [-0.3, -0.25) is 9.36 Å². The lowest BCUT2D eigenvalue weighted by atomic mass is 10.2. The average molecular weight is 294 g/mol. The van der Waals surface area contributed by atoms with E-state index < -0.39 is 0 Å². The van der Waals surface area contributed by atoms with Crippen LogP contribution in [0.15, 0.2) is 30.9 Å². The molecule has 6 nitrogen and oxygen atoms in total. The maximum absolute atomic E-state index is 4.55. The molecular formula is C16H18N6. The summed E-state index contributed by atoms with van der Waals surface area (Å²) in [6.45, 7) is 4.93. The van der Waals surface area contributed by atoms with E-state index in [4.69, 9.17) is 0 Å². The van der Waals surface area contributed by atoms with Gasteiger partial charge >= 0.3 is 0 Å². The first-order valence-electron chi connectivity index (χ1n) is 7.20. The van der Waals surface area contributed by atoms with Gasteiger partial charge in [0.15, 0.2) is 5.82 Å². The summed E-state index contributed by atoms with van der Waals surface area (Å²) in [6, 6.07) is 1.88. The Balaban J connectivity index is 1.86. The van der Waals surface area contributed by atoms with Gasteiger partial charge in [0.2, 0.25) is 0 Å². The van der Waals surface area contributed by atoms with Crippen LogP contribution in [0.2, 0.25) is 0 Å². The fourth-order valence-corrected chi connectivity index (χ4v) is 2.19. The molecule has 3 heterocycles. The Labute approximate surface area is 129 Å². The first-order chi connectivity index (χ1) is 10.7. The van der Waals surface area contributed by atoms with E-state index in [1.807, 2.05) is 49.3 Å². The van der Waals surface area contributed by atoms with Gasteiger partial charge in [0, 0.05) is 43.3 Å². The minimum Gasteiger partial charge on any atom is -0.275 e. The zero-order valence-corrected chi connectivity index (χ0v) is 12.9. The third-order valence-electron chi connectivity index (χ3n) is 3.40. The molecule has 0 saturated heterocycles. The maximum atomic E-state index is 4.55. The Bertz CT molecular complexity index is 812. The molecule has 0 aromatic carbocycles. The van der Waals surface area contributed by atoms with Crippen molar-refractivity contribution in [1.82, 2.24) is 29.5 Å². The maximum Gasteiger partial charge on any atom is 0.152 e. The minimum absolute atomic E-state index is 0.671. The molecule has 6 heteroatoms. The molecule has 0 atom stereocenters. The van der Waals surface area contributed by atoms with Crippen molar-refractivity contribution in [2.24, 2.45) is 7.05 Å². The molecule has 0 spiro atoms. The van der Waals surface area contributed by atoms with Gasteiger partial charge in [0.1, 0.15) is 0 Å². The van der Waals surface area contributed by atoms with Crippen LogP contribution >= 0.6 is 0 Å². The lowest BCUT2D eigenvalue weighted by molar-refractivity contribution is 0.653. The molecule has 0 amide bonds. The zero-order valence-electron chi connectivity index (χ0n) is 12.9. The topological polar surface area (TPSA) is 61.4 Å². The highest BCUT2D eigenvalue weighted by molar-refractivity contribution is 5.68. The van der Waals surface area contributed by atoms with E-state index in [1.165, 1.54) is 0 Å². The fourth-order valence-electron chi connectivity index (χ4n) is 2.19. The Morgan fingerprint density at radius 2 is 2.09 bits per heavy atom. The molecule has 0 fully saturated rings. The van der Waals surface area contributed by atoms with Crippen molar-refractivity contribution < 1.29 is 0 Å². The van der Waals surface area contributed by atoms with Crippen LogP contribution in [0, 0.1) is 6.92 Å². The van der Waals surface area contributed by atoms with Gasteiger partial charge in [-0.15, -0.1) is 0 Å². The number of aromatic nitrogens is 6. The van der Waals surface area contributed by atoms with Crippen molar-refractivity contribution in [1.29, 1.82) is 0 Å². The van der Waals surface area contributed by atoms with Gasteiger partial charge in [-0.05, 0) is 32.1 Å². The Morgan fingerprint density at radius 3 is 2.77 bits per heavy atom. The van der Waals surface area contributed by atoms with Crippen LogP contribution in [0.3, 0.4) is 0 Å². The highest BCUT2D eigenvalue weighted by Gasteiger charge is 2.04. The molecule has 0 unspecified atom stereocenters. The Hall–Kier alpha value is -2.76. The third kappa shape index (κ3) is 2.95. The van der Waals surface area contributed by atoms with E-state index in [-0.39, 0.29) is 0 Å². The van der Waals surface area contributed by atoms with Gasteiger partial charge in [0.05, 0.1) is 17.6 Å². The number of hydrogen-bond donors (Lipinski definition) is 0. The molecule has 0 aliphatic carbocycles. The Kier molecular flexibility index (Phi) is 3.82. The number of aryl methyl sites for hydroxylation is 3. The number of rotatable bonds is 4. The van der Waals surface area contributed by atoms with Crippen LogP contribution in [0.25, 0.3) is 23.4 Å². The summed E-state index contributed by atoms with van der Waals surface area (Å²) in [5.74, 6) is 0.671. The smallest absolute Gasteiger partial charge is 0.152 e. The summed E-state index contributed by atoms with van der Waals surface area (Å²) < 4.78 is 3.68. The number of nitrogens with zero attached hydrogens (tertiary/aromatic N) is 6. The summed E-state index contributed by atoms with van der Waals surface area (Å²) in [4.78, 5) is 8.84. The highest BCUT2D eigenvalue weighted by Crippen LogP contribution is 2.16. The van der Waals surface area contributed by atoms with Crippen LogP contribution < -0.4 is 0 Å². The molecule has 0 aliphatic rings. The van der Waals surface area contributed by atoms with Gasteiger partial charge in [-0.2, -0.15) is 10.2 Å². The average Bonchev–Trinajstić information content (AvgIpc) is 3.11. The van der Waals surface area contributed by atoms with Crippen molar-refractivity contribution in [3.63, 3.8) is 0 Å². The Morgan fingerprint density at radius 1 is 1.23 bits per heavy atom. The summed E-state index contributed by atoms with van der Waals surface area (Å²) in [7, 11) is 1.89. The zero-order chi connectivity index (χ0) is 15.5. The van der Waals surface area contributed by atoms with Gasteiger partial charge in [-0.1, -0.05) is 0 Å². The van der Waals surface area contributed by atoms with E-state index in [0.717, 1.165) is 29.1 Å². The largest absolute Gasteiger partial charge is 0.275 e. The van der Waals surface area contributed by atoms with Crippen LogP contribution in [0.4, 0.5) is 0 Å². The molecule has 0 aliphatic heterocycles. The quantitative estimate of drug-likeness (QED) is 0.742. The summed E-state index contributed by atoms with van der Waals surface area (Å²) >= 11 is 0. The summed E-state index contributed by atoms with van der Waals surface area (Å²) in [5, 5.41) is 8.59. The lowest BCUT2D eigenvalue weighted by Gasteiger charge is -1.97. The second kappa shape index (κ2) is 5.93. The molecular weight excluding hydrogens is 276 g/mol. The van der Waals surface area contributed by atoms with Crippen LogP contribution in [-0.4, -0.2) is 29.5 Å². The lowest BCUT2D eigenvalue weighted by Crippen LogP contribution is -1.93. The molecule has 0 radical (unpaired) electrons. The molecule has 0 bridgehead atoms. The van der Waals surface area contributed by atoms with Crippen LogP contribution in [-0.2, 0) is 13.6 Å². The first kappa shape index (κ1) is 14.2. The van der Waals surface area contributed by atoms with Crippen molar-refractivity contribution in [2.45, 2.75) is 20.4 Å². The monoisotopic (exact) mass is 294 g/mol. The van der Waals surface area contributed by atoms with Crippen molar-refractivity contribution in [2.75, 3.05) is 0 Å². The van der Waals surface area contributed by atoms with Crippen LogP contribution in [0.5, 0.6) is 0 Å². The van der Waals surface area contributed by atoms with E-state index in [2.05, 4.69) is 27.1 Å². The molecule has 0 N–H and O–H groups in total. The first-order valence-corrected chi connectivity index (χ1v) is 7.20. The second-order valence-electron chi connectivity index (χ2n) is 5.06. The minimum atomic E-state index is 0.671. The van der Waals surface area contributed by atoms with E-state index in [1.54, 1.807) is 17.1 Å². The highest BCUT2D eigenvalue weighted by atomic mass is 15.3. The molecule has 0 saturated carbocycles. The van der Waals surface area contributed by atoms with Crippen molar-refractivity contribution >= 4 is 12.2 Å². The standard InChI is InChI=1S/C16H18N6/c1-4-22-11-13(12(2)20-22)5-6-16-17-8-7-15(19-16)14-9-18-21(3)10-14/h5-11H,4H2,1-3H3/b6-5+. The predicted molar refractivity (Wildman–Crippen MR) is 85.8 cm³/mol. The molecule has 3 aromatic rings. The van der Waals surface area contributed by atoms with Crippen molar-refractivity contribution in [3.05, 3.63) is 47.9 Å². The van der Waals surface area contributed by atoms with Gasteiger partial charge in [-0.25, -0.2) is 9.97 Å². The molecule has 3 rings (SSSR count). The predicted octanol–water partition coefficient (Wildman–Crippen LogP) is 2.57. The SMILES string of the molecule is CCn1cc(/C=C/c2nccc(-c3cnn(C)c3)n2)c(C)n1. The van der Waals surface area contributed by atoms with Crippen LogP contribution in [0.1, 0.15) is 24.0 Å². The van der Waals surface area contributed by atoms with E-state index in [9.17, 15) is 0 Å².